The van der Waals surface area contributed by atoms with Gasteiger partial charge in [0.25, 0.3) is 0 Å². The summed E-state index contributed by atoms with van der Waals surface area (Å²) < 4.78 is 15.7. The van der Waals surface area contributed by atoms with Gasteiger partial charge >= 0.3 is 0 Å². The molecule has 2 atom stereocenters. The van der Waals surface area contributed by atoms with Gasteiger partial charge in [0.2, 0.25) is 5.91 Å². The maximum absolute atomic E-state index is 13.0. The maximum Gasteiger partial charge on any atom is 0.235 e. The minimum Gasteiger partial charge on any atom is -0.497 e. The van der Waals surface area contributed by atoms with Gasteiger partial charge in [-0.3, -0.25) is 9.89 Å². The first-order chi connectivity index (χ1) is 18.1. The molecular weight excluding hydrogens is 474 g/mol. The van der Waals surface area contributed by atoms with Crippen LogP contribution in [-0.2, 0) is 10.2 Å². The van der Waals surface area contributed by atoms with Crippen molar-refractivity contribution in [1.29, 1.82) is 0 Å². The Morgan fingerprint density at radius 3 is 2.84 bits per heavy atom. The zero-order valence-corrected chi connectivity index (χ0v) is 19.9. The van der Waals surface area contributed by atoms with Gasteiger partial charge in [-0.1, -0.05) is 11.2 Å². The van der Waals surface area contributed by atoms with Gasteiger partial charge in [0.05, 0.1) is 43.1 Å². The van der Waals surface area contributed by atoms with Crippen molar-refractivity contribution in [2.45, 2.75) is 17.8 Å². The van der Waals surface area contributed by atoms with E-state index in [-0.39, 0.29) is 11.8 Å². The van der Waals surface area contributed by atoms with Gasteiger partial charge in [-0.15, -0.1) is 0 Å². The second-order valence-electron chi connectivity index (χ2n) is 9.12. The molecular formula is C26H21N7O4. The van der Waals surface area contributed by atoms with Gasteiger partial charge in [0.1, 0.15) is 12.0 Å². The topological polar surface area (TPSA) is 140 Å². The summed E-state index contributed by atoms with van der Waals surface area (Å²) in [6.07, 6.45) is 5.34. The number of carbonyl (C=O) groups is 1. The number of H-pyrrole nitrogens is 1. The molecule has 11 nitrogen and oxygen atoms in total. The largest absolute Gasteiger partial charge is 0.497 e. The fourth-order valence-corrected chi connectivity index (χ4v) is 5.22. The van der Waals surface area contributed by atoms with Crippen LogP contribution in [0.3, 0.4) is 0 Å². The summed E-state index contributed by atoms with van der Waals surface area (Å²) in [7, 11) is 3.18. The Bertz CT molecular complexity index is 1680. The summed E-state index contributed by atoms with van der Waals surface area (Å²) in [5.74, 6) is 2.80. The van der Waals surface area contributed by atoms with E-state index < -0.39 is 5.41 Å². The number of methoxy groups -OCH3 is 2. The average Bonchev–Trinajstić information content (AvgIpc) is 3.20. The number of hydrogen-bond donors (Lipinski definition) is 3. The van der Waals surface area contributed by atoms with E-state index in [9.17, 15) is 4.79 Å². The molecule has 11 heteroatoms. The predicted octanol–water partition coefficient (Wildman–Crippen LogP) is 4.15. The lowest BCUT2D eigenvalue weighted by Gasteiger charge is -2.11. The summed E-state index contributed by atoms with van der Waals surface area (Å²) in [5, 5.41) is 18.4. The molecule has 1 aliphatic heterocycles. The lowest BCUT2D eigenvalue weighted by Crippen LogP contribution is -2.21. The first-order valence-corrected chi connectivity index (χ1v) is 11.7. The number of aromatic amines is 1. The quantitative estimate of drug-likeness (QED) is 0.317. The van der Waals surface area contributed by atoms with Crippen LogP contribution < -0.4 is 20.1 Å². The van der Waals surface area contributed by atoms with Crippen molar-refractivity contribution in [2.24, 2.45) is 0 Å². The number of ether oxygens (including phenoxy) is 2. The third-order valence-corrected chi connectivity index (χ3v) is 7.21. The highest BCUT2D eigenvalue weighted by Crippen LogP contribution is 2.65. The molecule has 7 rings (SSSR count). The van der Waals surface area contributed by atoms with E-state index >= 15 is 0 Å². The highest BCUT2D eigenvalue weighted by atomic mass is 16.5. The summed E-state index contributed by atoms with van der Waals surface area (Å²) in [5.41, 5.74) is 3.85. The number of hydrogen-bond acceptors (Lipinski definition) is 9. The maximum atomic E-state index is 13.0. The van der Waals surface area contributed by atoms with Crippen LogP contribution >= 0.6 is 0 Å². The van der Waals surface area contributed by atoms with Crippen LogP contribution in [0.2, 0.25) is 0 Å². The minimum atomic E-state index is -0.564. The van der Waals surface area contributed by atoms with Gasteiger partial charge in [0.15, 0.2) is 23.2 Å². The molecule has 0 radical (unpaired) electrons. The number of nitrogens with zero attached hydrogens (tertiary/aromatic N) is 4. The summed E-state index contributed by atoms with van der Waals surface area (Å²) in [4.78, 5) is 21.9. The van der Waals surface area contributed by atoms with Crippen molar-refractivity contribution in [3.63, 3.8) is 0 Å². The van der Waals surface area contributed by atoms with Crippen LogP contribution in [0.25, 0.3) is 22.3 Å². The zero-order chi connectivity index (χ0) is 25.1. The van der Waals surface area contributed by atoms with Crippen molar-refractivity contribution in [2.75, 3.05) is 24.9 Å². The monoisotopic (exact) mass is 495 g/mol. The molecule has 0 unspecified atom stereocenters. The Balaban J connectivity index is 1.20. The van der Waals surface area contributed by atoms with Gasteiger partial charge in [0, 0.05) is 17.0 Å². The number of carbonyl (C=O) groups excluding carboxylic acids is 1. The Hall–Kier alpha value is -4.93. The summed E-state index contributed by atoms with van der Waals surface area (Å²) in [6, 6.07) is 11.8. The van der Waals surface area contributed by atoms with E-state index in [0.29, 0.717) is 28.8 Å². The highest BCUT2D eigenvalue weighted by molar-refractivity contribution is 6.10. The highest BCUT2D eigenvalue weighted by Gasteiger charge is 2.65. The van der Waals surface area contributed by atoms with E-state index in [1.54, 1.807) is 26.6 Å². The smallest absolute Gasteiger partial charge is 0.235 e. The molecule has 1 amide bonds. The molecule has 37 heavy (non-hydrogen) atoms. The van der Waals surface area contributed by atoms with Crippen molar-refractivity contribution in [3.8, 4) is 22.9 Å². The fourth-order valence-electron chi connectivity index (χ4n) is 5.22. The SMILES string of the molecule is COc1ccc2c(c1)[C@]1(C[C@H]1c1ccc3c(Nc4nc(-c5cnoc5)ncc4OC)n[nH]c3c1)C(=O)N2. The Morgan fingerprint density at radius 2 is 2.03 bits per heavy atom. The normalized spacial score (nSPS) is 19.6. The van der Waals surface area contributed by atoms with Crippen molar-refractivity contribution < 1.29 is 18.8 Å². The number of fused-ring (bicyclic) bond motifs is 3. The lowest BCUT2D eigenvalue weighted by atomic mass is 9.91. The molecule has 4 heterocycles. The molecule has 2 aliphatic rings. The van der Waals surface area contributed by atoms with Crippen LogP contribution in [0.15, 0.2) is 59.6 Å². The Morgan fingerprint density at radius 1 is 1.11 bits per heavy atom. The average molecular weight is 495 g/mol. The molecule has 1 aliphatic carbocycles. The summed E-state index contributed by atoms with van der Waals surface area (Å²) in [6.45, 7) is 0. The first kappa shape index (κ1) is 21.4. The molecule has 5 aromatic rings. The number of amides is 1. The number of rotatable bonds is 6. The zero-order valence-electron chi connectivity index (χ0n) is 19.9. The van der Waals surface area contributed by atoms with E-state index in [2.05, 4.69) is 42.0 Å². The van der Waals surface area contributed by atoms with Gasteiger partial charge in [-0.05, 0) is 47.9 Å². The molecule has 1 saturated carbocycles. The van der Waals surface area contributed by atoms with E-state index in [1.807, 2.05) is 30.3 Å². The second-order valence-corrected chi connectivity index (χ2v) is 9.12. The third kappa shape index (κ3) is 3.17. The van der Waals surface area contributed by atoms with Crippen molar-refractivity contribution in [1.82, 2.24) is 25.3 Å². The van der Waals surface area contributed by atoms with Gasteiger partial charge in [-0.25, -0.2) is 9.97 Å². The number of benzene rings is 2. The van der Waals surface area contributed by atoms with Crippen LogP contribution in [0.4, 0.5) is 17.3 Å². The standard InChI is InChI=1S/C26H21N7O4/c1-35-15-4-6-19-17(8-15)26(25(34)29-19)9-18(26)13-3-5-16-20(7-13)32-33-23(16)31-24-21(36-2)11-27-22(30-24)14-10-28-37-12-14/h3-8,10-12,18H,9H2,1-2H3,(H,29,34)(H2,27,30,31,32,33)/t18-,26-/m0/s1. The van der Waals surface area contributed by atoms with Crippen LogP contribution in [0, 0.1) is 0 Å². The molecule has 1 fully saturated rings. The second kappa shape index (κ2) is 7.79. The fraction of sp³-hybridized carbons (Fsp3) is 0.192. The third-order valence-electron chi connectivity index (χ3n) is 7.21. The number of aromatic nitrogens is 5. The van der Waals surface area contributed by atoms with Crippen LogP contribution in [0.5, 0.6) is 11.5 Å². The van der Waals surface area contributed by atoms with E-state index in [1.165, 1.54) is 6.26 Å². The van der Waals surface area contributed by atoms with E-state index in [0.717, 1.165) is 39.9 Å². The molecule has 1 spiro atoms. The van der Waals surface area contributed by atoms with Crippen LogP contribution in [-0.4, -0.2) is 45.4 Å². The molecule has 0 bridgehead atoms. The van der Waals surface area contributed by atoms with Gasteiger partial charge < -0.3 is 24.6 Å². The number of anilines is 3. The molecule has 184 valence electrons. The van der Waals surface area contributed by atoms with E-state index in [4.69, 9.17) is 14.0 Å². The first-order valence-electron chi connectivity index (χ1n) is 11.7. The number of nitrogens with one attached hydrogen (secondary N) is 3. The minimum absolute atomic E-state index is 0.0345. The molecule has 3 N–H and O–H groups in total. The van der Waals surface area contributed by atoms with Crippen molar-refractivity contribution in [3.05, 3.63) is 66.2 Å². The molecule has 0 saturated heterocycles. The van der Waals surface area contributed by atoms with Gasteiger partial charge in [-0.2, -0.15) is 5.10 Å². The van der Waals surface area contributed by atoms with Crippen molar-refractivity contribution >= 4 is 34.1 Å². The summed E-state index contributed by atoms with van der Waals surface area (Å²) >= 11 is 0. The molecule has 2 aromatic carbocycles. The predicted molar refractivity (Wildman–Crippen MR) is 134 cm³/mol. The lowest BCUT2D eigenvalue weighted by molar-refractivity contribution is -0.118. The molecule has 3 aromatic heterocycles. The van der Waals surface area contributed by atoms with Crippen LogP contribution in [0.1, 0.15) is 23.5 Å². The Kier molecular flexibility index (Phi) is 4.49. The Labute approximate surface area is 210 Å².